The first kappa shape index (κ1) is 22.8. The standard InChI is InChI=1S/C20H22F2N4O4S2/c1-24(14-19-23-17-6-2-3-7-18(17)26(19)20(21)22)31(27,28)15-8-10-16(11-9-15)32(29,30)25-12-4-5-13-25/h2-3,6-11,20H,4-5,12-14H2,1H3. The lowest BCUT2D eigenvalue weighted by atomic mass is 10.3. The number of hydrogen-bond donors (Lipinski definition) is 0. The number of imidazole rings is 1. The highest BCUT2D eigenvalue weighted by atomic mass is 32.2. The molecule has 0 N–H and O–H groups in total. The molecule has 1 aliphatic rings. The van der Waals surface area contributed by atoms with E-state index in [1.54, 1.807) is 18.2 Å². The summed E-state index contributed by atoms with van der Waals surface area (Å²) in [5.74, 6) is -0.0968. The van der Waals surface area contributed by atoms with Crippen molar-refractivity contribution in [3.8, 4) is 0 Å². The molecule has 4 rings (SSSR count). The largest absolute Gasteiger partial charge is 0.320 e. The average molecular weight is 485 g/mol. The first-order valence-corrected chi connectivity index (χ1v) is 12.8. The number of para-hydroxylation sites is 2. The fourth-order valence-corrected chi connectivity index (χ4v) is 6.39. The summed E-state index contributed by atoms with van der Waals surface area (Å²) in [6.45, 7) is -2.38. The van der Waals surface area contributed by atoms with Gasteiger partial charge in [0, 0.05) is 20.1 Å². The zero-order valence-corrected chi connectivity index (χ0v) is 18.9. The van der Waals surface area contributed by atoms with Gasteiger partial charge in [-0.2, -0.15) is 17.4 Å². The minimum atomic E-state index is -4.07. The van der Waals surface area contributed by atoms with Crippen LogP contribution >= 0.6 is 0 Å². The molecule has 0 spiro atoms. The molecular weight excluding hydrogens is 462 g/mol. The number of aromatic nitrogens is 2. The Labute approximate surface area is 185 Å². The normalized spacial score (nSPS) is 15.9. The summed E-state index contributed by atoms with van der Waals surface area (Å²) in [5.41, 5.74) is 0.546. The molecule has 0 unspecified atom stereocenters. The molecule has 0 amide bonds. The lowest BCUT2D eigenvalue weighted by molar-refractivity contribution is 0.0703. The molecule has 3 aromatic rings. The molecule has 0 aliphatic carbocycles. The highest BCUT2D eigenvalue weighted by Gasteiger charge is 2.29. The molecule has 172 valence electrons. The third kappa shape index (κ3) is 4.03. The predicted octanol–water partition coefficient (Wildman–Crippen LogP) is 3.04. The summed E-state index contributed by atoms with van der Waals surface area (Å²) in [6.07, 6.45) is 1.58. The second-order valence-electron chi connectivity index (χ2n) is 7.51. The van der Waals surface area contributed by atoms with Gasteiger partial charge in [0.1, 0.15) is 5.82 Å². The van der Waals surface area contributed by atoms with Crippen LogP contribution in [-0.2, 0) is 26.6 Å². The van der Waals surface area contributed by atoms with Gasteiger partial charge in [-0.1, -0.05) is 12.1 Å². The quantitative estimate of drug-likeness (QED) is 0.514. The Morgan fingerprint density at radius 1 is 0.969 bits per heavy atom. The van der Waals surface area contributed by atoms with Crippen LogP contribution in [0.5, 0.6) is 0 Å². The highest BCUT2D eigenvalue weighted by Crippen LogP contribution is 2.26. The van der Waals surface area contributed by atoms with Crippen LogP contribution in [0, 0.1) is 0 Å². The van der Waals surface area contributed by atoms with Crippen LogP contribution in [0.2, 0.25) is 0 Å². The lowest BCUT2D eigenvalue weighted by Gasteiger charge is -2.19. The molecule has 0 radical (unpaired) electrons. The number of alkyl halides is 2. The van der Waals surface area contributed by atoms with E-state index in [9.17, 15) is 25.6 Å². The van der Waals surface area contributed by atoms with Gasteiger partial charge in [-0.25, -0.2) is 21.8 Å². The van der Waals surface area contributed by atoms with Gasteiger partial charge in [-0.05, 0) is 49.2 Å². The van der Waals surface area contributed by atoms with Crippen molar-refractivity contribution in [3.63, 3.8) is 0 Å². The number of nitrogens with zero attached hydrogens (tertiary/aromatic N) is 4. The molecule has 8 nitrogen and oxygen atoms in total. The number of halogens is 2. The van der Waals surface area contributed by atoms with Gasteiger partial charge < -0.3 is 0 Å². The van der Waals surface area contributed by atoms with Crippen molar-refractivity contribution < 1.29 is 25.6 Å². The van der Waals surface area contributed by atoms with Crippen molar-refractivity contribution >= 4 is 31.1 Å². The molecule has 0 saturated carbocycles. The van der Waals surface area contributed by atoms with E-state index in [0.29, 0.717) is 23.2 Å². The fourth-order valence-electron chi connectivity index (χ4n) is 3.75. The summed E-state index contributed by atoms with van der Waals surface area (Å²) >= 11 is 0. The van der Waals surface area contributed by atoms with Gasteiger partial charge in [0.25, 0.3) is 0 Å². The molecule has 2 aromatic carbocycles. The minimum Gasteiger partial charge on any atom is -0.269 e. The number of benzene rings is 2. The molecule has 0 atom stereocenters. The number of fused-ring (bicyclic) bond motifs is 1. The topological polar surface area (TPSA) is 92.6 Å². The van der Waals surface area contributed by atoms with E-state index in [1.165, 1.54) is 41.7 Å². The maximum atomic E-state index is 13.6. The number of sulfonamides is 2. The van der Waals surface area contributed by atoms with Gasteiger partial charge >= 0.3 is 6.55 Å². The van der Waals surface area contributed by atoms with Crippen LogP contribution in [0.4, 0.5) is 8.78 Å². The van der Waals surface area contributed by atoms with Crippen molar-refractivity contribution in [2.24, 2.45) is 0 Å². The second-order valence-corrected chi connectivity index (χ2v) is 11.5. The van der Waals surface area contributed by atoms with Crippen molar-refractivity contribution in [1.82, 2.24) is 18.2 Å². The molecule has 1 saturated heterocycles. The number of hydrogen-bond acceptors (Lipinski definition) is 5. The summed E-state index contributed by atoms with van der Waals surface area (Å²) < 4.78 is 81.5. The van der Waals surface area contributed by atoms with Gasteiger partial charge in [0.05, 0.1) is 27.4 Å². The smallest absolute Gasteiger partial charge is 0.269 e. The van der Waals surface area contributed by atoms with E-state index >= 15 is 0 Å². The molecular formula is C20H22F2N4O4S2. The summed E-state index contributed by atoms with van der Waals surface area (Å²) in [6, 6.07) is 11.3. The monoisotopic (exact) mass is 484 g/mol. The molecule has 1 fully saturated rings. The van der Waals surface area contributed by atoms with Gasteiger partial charge in [0.2, 0.25) is 20.0 Å². The molecule has 1 aromatic heterocycles. The summed E-state index contributed by atoms with van der Waals surface area (Å²) in [4.78, 5) is 4.04. The first-order chi connectivity index (χ1) is 15.1. The van der Waals surface area contributed by atoms with E-state index in [2.05, 4.69) is 4.98 Å². The second kappa shape index (κ2) is 8.50. The fraction of sp³-hybridized carbons (Fsp3) is 0.350. The average Bonchev–Trinajstić information content (AvgIpc) is 3.42. The van der Waals surface area contributed by atoms with E-state index in [4.69, 9.17) is 0 Å². The van der Waals surface area contributed by atoms with Crippen molar-refractivity contribution in [2.75, 3.05) is 20.1 Å². The van der Waals surface area contributed by atoms with E-state index in [0.717, 1.165) is 17.1 Å². The Morgan fingerprint density at radius 3 is 2.19 bits per heavy atom. The van der Waals surface area contributed by atoms with Crippen LogP contribution in [0.25, 0.3) is 11.0 Å². The molecule has 12 heteroatoms. The van der Waals surface area contributed by atoms with Gasteiger partial charge in [-0.15, -0.1) is 0 Å². The van der Waals surface area contributed by atoms with Crippen molar-refractivity contribution in [1.29, 1.82) is 0 Å². The SMILES string of the molecule is CN(Cc1nc2ccccc2n1C(F)F)S(=O)(=O)c1ccc(S(=O)(=O)N2CCCC2)cc1. The van der Waals surface area contributed by atoms with E-state index < -0.39 is 26.6 Å². The van der Waals surface area contributed by atoms with E-state index in [-0.39, 0.29) is 27.7 Å². The third-order valence-corrected chi connectivity index (χ3v) is 9.19. The first-order valence-electron chi connectivity index (χ1n) is 9.93. The Kier molecular flexibility index (Phi) is 6.05. The van der Waals surface area contributed by atoms with Crippen molar-refractivity contribution in [2.45, 2.75) is 35.7 Å². The molecule has 1 aliphatic heterocycles. The Bertz CT molecular complexity index is 1330. The molecule has 32 heavy (non-hydrogen) atoms. The minimum absolute atomic E-state index is 0.0143. The third-order valence-electron chi connectivity index (χ3n) is 5.46. The van der Waals surface area contributed by atoms with E-state index in [1.807, 2.05) is 0 Å². The lowest BCUT2D eigenvalue weighted by Crippen LogP contribution is -2.29. The summed E-state index contributed by atoms with van der Waals surface area (Å²) in [7, 11) is -6.48. The number of rotatable bonds is 7. The molecule has 2 heterocycles. The van der Waals surface area contributed by atoms with Crippen LogP contribution in [0.3, 0.4) is 0 Å². The maximum absolute atomic E-state index is 13.6. The summed E-state index contributed by atoms with van der Waals surface area (Å²) in [5, 5.41) is 0. The van der Waals surface area contributed by atoms with Crippen LogP contribution in [-0.4, -0.2) is 55.1 Å². The predicted molar refractivity (Wildman–Crippen MR) is 114 cm³/mol. The Hall–Kier alpha value is -2.41. The molecule has 0 bridgehead atoms. The van der Waals surface area contributed by atoms with Crippen molar-refractivity contribution in [3.05, 3.63) is 54.4 Å². The zero-order chi connectivity index (χ0) is 23.1. The van der Waals surface area contributed by atoms with Crippen LogP contribution in [0.15, 0.2) is 58.3 Å². The Morgan fingerprint density at radius 2 is 1.56 bits per heavy atom. The Balaban J connectivity index is 1.60. The van der Waals surface area contributed by atoms with Crippen LogP contribution < -0.4 is 0 Å². The van der Waals surface area contributed by atoms with Crippen LogP contribution in [0.1, 0.15) is 25.2 Å². The maximum Gasteiger partial charge on any atom is 0.320 e. The van der Waals surface area contributed by atoms with Gasteiger partial charge in [0.15, 0.2) is 0 Å². The zero-order valence-electron chi connectivity index (χ0n) is 17.2. The highest BCUT2D eigenvalue weighted by molar-refractivity contribution is 7.89. The van der Waals surface area contributed by atoms with Gasteiger partial charge in [-0.3, -0.25) is 4.57 Å².